The lowest BCUT2D eigenvalue weighted by Crippen LogP contribution is -2.29. The van der Waals surface area contributed by atoms with Crippen LogP contribution in [0, 0.1) is 0 Å². The van der Waals surface area contributed by atoms with E-state index in [1.807, 2.05) is 30.3 Å². The van der Waals surface area contributed by atoms with Crippen LogP contribution in [0.4, 0.5) is 0 Å². The number of hydrogen-bond donors (Lipinski definition) is 3. The van der Waals surface area contributed by atoms with Crippen molar-refractivity contribution in [2.75, 3.05) is 6.54 Å². The van der Waals surface area contributed by atoms with Crippen molar-refractivity contribution in [2.24, 2.45) is 0 Å². The predicted molar refractivity (Wildman–Crippen MR) is 110 cm³/mol. The number of carbonyl (C=O) groups is 2. The zero-order chi connectivity index (χ0) is 21.5. The fraction of sp³-hybridized carbons (Fsp3) is 0.273. The van der Waals surface area contributed by atoms with Crippen molar-refractivity contribution in [1.29, 1.82) is 0 Å². The van der Waals surface area contributed by atoms with Gasteiger partial charge in [-0.2, -0.15) is 0 Å². The Morgan fingerprint density at radius 2 is 1.90 bits per heavy atom. The van der Waals surface area contributed by atoms with Gasteiger partial charge in [-0.25, -0.2) is 4.98 Å². The van der Waals surface area contributed by atoms with E-state index in [-0.39, 0.29) is 11.4 Å². The maximum Gasteiger partial charge on any atom is 0.322 e. The molecule has 2 aromatic heterocycles. The standard InChI is InChI=1S/C22H23N3O5/c1-2-3-5-10-16-19(14-8-6-4-7-9-14)25-30-21(16)15-11-17(26)20(23-12-15)22(29)24-13-18(27)28/h4,6-9,11-12,26H,2-3,5,10,13H2,1H3,(H,24,29)(H,27,28). The van der Waals surface area contributed by atoms with Crippen molar-refractivity contribution >= 4 is 11.9 Å². The summed E-state index contributed by atoms with van der Waals surface area (Å²) in [5.41, 5.74) is 2.82. The van der Waals surface area contributed by atoms with Gasteiger partial charge in [-0.1, -0.05) is 55.3 Å². The fourth-order valence-corrected chi connectivity index (χ4v) is 3.13. The third-order valence-electron chi connectivity index (χ3n) is 4.61. The molecule has 0 bridgehead atoms. The second kappa shape index (κ2) is 9.69. The second-order valence-corrected chi connectivity index (χ2v) is 6.83. The molecular weight excluding hydrogens is 386 g/mol. The minimum atomic E-state index is -1.19. The van der Waals surface area contributed by atoms with Crippen LogP contribution in [-0.2, 0) is 11.2 Å². The van der Waals surface area contributed by atoms with E-state index in [4.69, 9.17) is 9.63 Å². The van der Waals surface area contributed by atoms with Gasteiger partial charge in [0.1, 0.15) is 18.0 Å². The number of benzene rings is 1. The number of carboxylic acid groups (broad SMARTS) is 1. The molecule has 0 aliphatic carbocycles. The third-order valence-corrected chi connectivity index (χ3v) is 4.61. The normalized spacial score (nSPS) is 10.7. The summed E-state index contributed by atoms with van der Waals surface area (Å²) in [6.45, 7) is 1.56. The number of amides is 1. The van der Waals surface area contributed by atoms with Gasteiger partial charge in [0.25, 0.3) is 5.91 Å². The largest absolute Gasteiger partial charge is 0.505 e. The Hall–Kier alpha value is -3.68. The molecule has 0 spiro atoms. The summed E-state index contributed by atoms with van der Waals surface area (Å²) in [5, 5.41) is 25.4. The first-order valence-electron chi connectivity index (χ1n) is 9.74. The second-order valence-electron chi connectivity index (χ2n) is 6.83. The number of carboxylic acids is 1. The van der Waals surface area contributed by atoms with Crippen LogP contribution in [0.3, 0.4) is 0 Å². The minimum absolute atomic E-state index is 0.254. The van der Waals surface area contributed by atoms with Crippen molar-refractivity contribution < 1.29 is 24.3 Å². The number of pyridine rings is 1. The number of aromatic nitrogens is 2. The van der Waals surface area contributed by atoms with E-state index in [1.54, 1.807) is 0 Å². The molecule has 1 aromatic carbocycles. The van der Waals surface area contributed by atoms with E-state index in [0.29, 0.717) is 11.3 Å². The smallest absolute Gasteiger partial charge is 0.322 e. The van der Waals surface area contributed by atoms with Crippen LogP contribution in [0.15, 0.2) is 47.1 Å². The zero-order valence-corrected chi connectivity index (χ0v) is 16.6. The Kier molecular flexibility index (Phi) is 6.79. The van der Waals surface area contributed by atoms with Gasteiger partial charge in [0, 0.05) is 22.9 Å². The number of unbranched alkanes of at least 4 members (excludes halogenated alkanes) is 2. The lowest BCUT2D eigenvalue weighted by Gasteiger charge is -2.07. The summed E-state index contributed by atoms with van der Waals surface area (Å²) >= 11 is 0. The SMILES string of the molecule is CCCCCc1c(-c2ccccc2)noc1-c1cnc(C(=O)NCC(=O)O)c(O)c1. The molecule has 0 aliphatic heterocycles. The average Bonchev–Trinajstić information content (AvgIpc) is 3.16. The van der Waals surface area contributed by atoms with E-state index in [0.717, 1.165) is 42.5 Å². The Morgan fingerprint density at radius 3 is 2.57 bits per heavy atom. The molecule has 156 valence electrons. The van der Waals surface area contributed by atoms with Crippen molar-refractivity contribution in [3.63, 3.8) is 0 Å². The highest BCUT2D eigenvalue weighted by Crippen LogP contribution is 2.34. The molecular formula is C22H23N3O5. The van der Waals surface area contributed by atoms with Crippen LogP contribution in [0.1, 0.15) is 42.2 Å². The first kappa shape index (κ1) is 21.0. The molecule has 30 heavy (non-hydrogen) atoms. The monoisotopic (exact) mass is 409 g/mol. The van der Waals surface area contributed by atoms with Crippen LogP contribution in [0.2, 0.25) is 0 Å². The number of nitrogens with one attached hydrogen (secondary N) is 1. The highest BCUT2D eigenvalue weighted by molar-refractivity contribution is 5.96. The first-order valence-corrected chi connectivity index (χ1v) is 9.74. The Morgan fingerprint density at radius 1 is 1.13 bits per heavy atom. The molecule has 3 aromatic rings. The lowest BCUT2D eigenvalue weighted by atomic mass is 9.98. The van der Waals surface area contributed by atoms with Crippen LogP contribution in [-0.4, -0.2) is 38.8 Å². The highest BCUT2D eigenvalue weighted by Gasteiger charge is 2.21. The molecule has 8 heteroatoms. The third kappa shape index (κ3) is 4.83. The van der Waals surface area contributed by atoms with Gasteiger partial charge in [-0.15, -0.1) is 0 Å². The van der Waals surface area contributed by atoms with Gasteiger partial charge < -0.3 is 20.1 Å². The summed E-state index contributed by atoms with van der Waals surface area (Å²) in [6, 6.07) is 11.1. The molecule has 2 heterocycles. The molecule has 3 rings (SSSR count). The Labute approximate surface area is 173 Å². The predicted octanol–water partition coefficient (Wildman–Crippen LogP) is 3.66. The van der Waals surface area contributed by atoms with E-state index >= 15 is 0 Å². The molecule has 8 nitrogen and oxygen atoms in total. The van der Waals surface area contributed by atoms with Crippen molar-refractivity contribution in [3.05, 3.63) is 53.9 Å². The number of nitrogens with zero attached hydrogens (tertiary/aromatic N) is 2. The molecule has 0 saturated heterocycles. The maximum absolute atomic E-state index is 12.0. The van der Waals surface area contributed by atoms with Crippen molar-refractivity contribution in [3.8, 4) is 28.3 Å². The van der Waals surface area contributed by atoms with Crippen LogP contribution < -0.4 is 5.32 Å². The molecule has 0 unspecified atom stereocenters. The summed E-state index contributed by atoms with van der Waals surface area (Å²) < 4.78 is 5.62. The molecule has 0 radical (unpaired) electrons. The summed E-state index contributed by atoms with van der Waals surface area (Å²) in [5.74, 6) is -1.84. The summed E-state index contributed by atoms with van der Waals surface area (Å²) in [6.07, 6.45) is 5.25. The lowest BCUT2D eigenvalue weighted by molar-refractivity contribution is -0.135. The maximum atomic E-state index is 12.0. The number of aliphatic carboxylic acids is 1. The van der Waals surface area contributed by atoms with Crippen LogP contribution >= 0.6 is 0 Å². The topological polar surface area (TPSA) is 126 Å². The van der Waals surface area contributed by atoms with Gasteiger partial charge in [0.15, 0.2) is 11.5 Å². The Balaban J connectivity index is 1.94. The number of hydrogen-bond acceptors (Lipinski definition) is 6. The molecule has 1 amide bonds. The van der Waals surface area contributed by atoms with Gasteiger partial charge in [0.2, 0.25) is 0 Å². The van der Waals surface area contributed by atoms with E-state index < -0.39 is 18.4 Å². The van der Waals surface area contributed by atoms with E-state index in [2.05, 4.69) is 22.4 Å². The summed E-state index contributed by atoms with van der Waals surface area (Å²) in [4.78, 5) is 26.6. The number of aromatic hydroxyl groups is 1. The van der Waals surface area contributed by atoms with Gasteiger partial charge in [0.05, 0.1) is 0 Å². The van der Waals surface area contributed by atoms with Crippen LogP contribution in [0.25, 0.3) is 22.6 Å². The first-order chi connectivity index (χ1) is 14.5. The number of carbonyl (C=O) groups excluding carboxylic acids is 1. The minimum Gasteiger partial charge on any atom is -0.505 e. The number of rotatable bonds is 9. The average molecular weight is 409 g/mol. The van der Waals surface area contributed by atoms with Crippen molar-refractivity contribution in [2.45, 2.75) is 32.6 Å². The molecule has 3 N–H and O–H groups in total. The summed E-state index contributed by atoms with van der Waals surface area (Å²) in [7, 11) is 0. The Bertz CT molecular complexity index is 1030. The highest BCUT2D eigenvalue weighted by atomic mass is 16.5. The molecule has 0 aliphatic rings. The van der Waals surface area contributed by atoms with Gasteiger partial charge in [-0.05, 0) is 18.9 Å². The van der Waals surface area contributed by atoms with E-state index in [9.17, 15) is 14.7 Å². The molecule has 0 saturated carbocycles. The fourth-order valence-electron chi connectivity index (χ4n) is 3.13. The molecule has 0 fully saturated rings. The quantitative estimate of drug-likeness (QED) is 0.461. The van der Waals surface area contributed by atoms with Crippen molar-refractivity contribution in [1.82, 2.24) is 15.5 Å². The van der Waals surface area contributed by atoms with E-state index in [1.165, 1.54) is 12.3 Å². The molecule has 0 atom stereocenters. The van der Waals surface area contributed by atoms with Gasteiger partial charge >= 0.3 is 5.97 Å². The van der Waals surface area contributed by atoms with Gasteiger partial charge in [-0.3, -0.25) is 9.59 Å². The van der Waals surface area contributed by atoms with Crippen LogP contribution in [0.5, 0.6) is 5.75 Å². The zero-order valence-electron chi connectivity index (χ0n) is 16.6.